The summed E-state index contributed by atoms with van der Waals surface area (Å²) in [5, 5.41) is 14.5. The van der Waals surface area contributed by atoms with Crippen LogP contribution < -0.4 is 10.6 Å². The summed E-state index contributed by atoms with van der Waals surface area (Å²) in [6.45, 7) is 3.08. The molecule has 1 aliphatic rings. The molecule has 0 atom stereocenters. The molecule has 2 N–H and O–H groups in total. The first-order chi connectivity index (χ1) is 7.45. The van der Waals surface area contributed by atoms with Crippen molar-refractivity contribution in [2.75, 3.05) is 13.1 Å². The minimum Gasteiger partial charge on any atom is -0.314 e. The van der Waals surface area contributed by atoms with Crippen molar-refractivity contribution in [2.24, 2.45) is 0 Å². The molecule has 0 spiro atoms. The lowest BCUT2D eigenvalue weighted by atomic mass is 10.3. The van der Waals surface area contributed by atoms with Crippen LogP contribution in [0, 0.1) is 0 Å². The van der Waals surface area contributed by atoms with Gasteiger partial charge in [-0.3, -0.25) is 0 Å². The smallest absolute Gasteiger partial charge is 0.0541 e. The van der Waals surface area contributed by atoms with Crippen LogP contribution in [0.2, 0.25) is 0 Å². The van der Waals surface area contributed by atoms with Gasteiger partial charge in [-0.2, -0.15) is 10.2 Å². The number of hydrogen-bond acceptors (Lipinski definition) is 4. The zero-order valence-corrected chi connectivity index (χ0v) is 8.95. The minimum absolute atomic E-state index is 0.828. The van der Waals surface area contributed by atoms with Gasteiger partial charge in [-0.25, -0.2) is 0 Å². The molecule has 0 bridgehead atoms. The lowest BCUT2D eigenvalue weighted by Gasteiger charge is -2.04. The number of nitrogens with one attached hydrogen (secondary N) is 2. The first-order valence-corrected chi connectivity index (χ1v) is 5.65. The third kappa shape index (κ3) is 4.36. The third-order valence-electron chi connectivity index (χ3n) is 2.52. The standard InChI is InChI=1S/C11H18N4/c1(6-13-11-2-3-11)5-12-8-10-4-7-14-15-9-10/h4,7,9,11-13H,1-3,5-6,8H2. The van der Waals surface area contributed by atoms with Crippen molar-refractivity contribution < 1.29 is 0 Å². The Kier molecular flexibility index (Phi) is 4.05. The molecule has 2 rings (SSSR count). The van der Waals surface area contributed by atoms with E-state index < -0.39 is 0 Å². The molecule has 0 amide bonds. The van der Waals surface area contributed by atoms with Crippen molar-refractivity contribution in [2.45, 2.75) is 31.8 Å². The third-order valence-corrected chi connectivity index (χ3v) is 2.52. The fraction of sp³-hybridized carbons (Fsp3) is 0.636. The van der Waals surface area contributed by atoms with Gasteiger partial charge in [0.15, 0.2) is 0 Å². The van der Waals surface area contributed by atoms with Gasteiger partial charge in [-0.05, 0) is 44.0 Å². The van der Waals surface area contributed by atoms with E-state index in [1.165, 1.54) is 24.8 Å². The molecule has 15 heavy (non-hydrogen) atoms. The molecular formula is C11H18N4. The molecule has 0 radical (unpaired) electrons. The SMILES string of the molecule is c1cc(CNCCCNC2CC2)cnn1. The van der Waals surface area contributed by atoms with Crippen LogP contribution in [0.5, 0.6) is 0 Å². The number of nitrogens with zero attached hydrogens (tertiary/aromatic N) is 2. The Hall–Kier alpha value is -1.00. The van der Waals surface area contributed by atoms with E-state index in [-0.39, 0.29) is 0 Å². The summed E-state index contributed by atoms with van der Waals surface area (Å²) in [6.07, 6.45) is 7.46. The van der Waals surface area contributed by atoms with Gasteiger partial charge < -0.3 is 10.6 Å². The van der Waals surface area contributed by atoms with Gasteiger partial charge >= 0.3 is 0 Å². The Morgan fingerprint density at radius 3 is 2.93 bits per heavy atom. The quantitative estimate of drug-likeness (QED) is 0.645. The average Bonchev–Trinajstić information content (AvgIpc) is 3.09. The number of hydrogen-bond donors (Lipinski definition) is 2. The lowest BCUT2D eigenvalue weighted by Crippen LogP contribution is -2.23. The maximum atomic E-state index is 3.83. The first-order valence-electron chi connectivity index (χ1n) is 5.65. The van der Waals surface area contributed by atoms with E-state index in [1.54, 1.807) is 12.4 Å². The highest BCUT2D eigenvalue weighted by Gasteiger charge is 2.19. The van der Waals surface area contributed by atoms with Gasteiger partial charge in [0.25, 0.3) is 0 Å². The summed E-state index contributed by atoms with van der Waals surface area (Å²) in [5.74, 6) is 0. The Balaban J connectivity index is 1.47. The van der Waals surface area contributed by atoms with Crippen LogP contribution in [0.4, 0.5) is 0 Å². The van der Waals surface area contributed by atoms with Gasteiger partial charge in [0.05, 0.1) is 6.20 Å². The average molecular weight is 206 g/mol. The predicted molar refractivity (Wildman–Crippen MR) is 59.4 cm³/mol. The van der Waals surface area contributed by atoms with E-state index in [1.807, 2.05) is 6.07 Å². The normalized spacial score (nSPS) is 15.5. The van der Waals surface area contributed by atoms with E-state index in [2.05, 4.69) is 20.8 Å². The molecular weight excluding hydrogens is 188 g/mol. The zero-order chi connectivity index (χ0) is 10.3. The van der Waals surface area contributed by atoms with Crippen LogP contribution >= 0.6 is 0 Å². The Morgan fingerprint density at radius 1 is 1.27 bits per heavy atom. The monoisotopic (exact) mass is 206 g/mol. The Bertz CT molecular complexity index is 271. The maximum absolute atomic E-state index is 3.83. The summed E-state index contributed by atoms with van der Waals surface area (Å²) in [5.41, 5.74) is 1.19. The summed E-state index contributed by atoms with van der Waals surface area (Å²) in [4.78, 5) is 0. The highest BCUT2D eigenvalue weighted by Crippen LogP contribution is 2.18. The van der Waals surface area contributed by atoms with Crippen molar-refractivity contribution in [3.63, 3.8) is 0 Å². The van der Waals surface area contributed by atoms with E-state index in [0.29, 0.717) is 0 Å². The van der Waals surface area contributed by atoms with Crippen molar-refractivity contribution in [3.8, 4) is 0 Å². The summed E-state index contributed by atoms with van der Waals surface area (Å²) in [6, 6.07) is 2.82. The van der Waals surface area contributed by atoms with E-state index in [9.17, 15) is 0 Å². The summed E-state index contributed by atoms with van der Waals surface area (Å²) >= 11 is 0. The molecule has 1 saturated carbocycles. The van der Waals surface area contributed by atoms with Crippen LogP contribution in [0.1, 0.15) is 24.8 Å². The van der Waals surface area contributed by atoms with E-state index >= 15 is 0 Å². The Labute approximate surface area is 90.5 Å². The van der Waals surface area contributed by atoms with Crippen LogP contribution in [0.3, 0.4) is 0 Å². The summed E-state index contributed by atoms with van der Waals surface area (Å²) in [7, 11) is 0. The topological polar surface area (TPSA) is 49.8 Å². The molecule has 1 aliphatic carbocycles. The lowest BCUT2D eigenvalue weighted by molar-refractivity contribution is 0.592. The molecule has 0 aromatic carbocycles. The van der Waals surface area contributed by atoms with Crippen LogP contribution in [-0.4, -0.2) is 29.3 Å². The van der Waals surface area contributed by atoms with E-state index in [0.717, 1.165) is 25.7 Å². The molecule has 0 aliphatic heterocycles. The van der Waals surface area contributed by atoms with Gasteiger partial charge in [0, 0.05) is 18.8 Å². The second kappa shape index (κ2) is 5.78. The first kappa shape index (κ1) is 10.5. The molecule has 1 aromatic heterocycles. The fourth-order valence-electron chi connectivity index (χ4n) is 1.46. The van der Waals surface area contributed by atoms with Crippen LogP contribution in [0.25, 0.3) is 0 Å². The molecule has 1 fully saturated rings. The van der Waals surface area contributed by atoms with Gasteiger partial charge in [0.2, 0.25) is 0 Å². The molecule has 0 saturated heterocycles. The van der Waals surface area contributed by atoms with E-state index in [4.69, 9.17) is 0 Å². The van der Waals surface area contributed by atoms with Crippen molar-refractivity contribution in [3.05, 3.63) is 24.0 Å². The second-order valence-corrected chi connectivity index (χ2v) is 4.01. The van der Waals surface area contributed by atoms with Gasteiger partial charge in [-0.1, -0.05) is 0 Å². The van der Waals surface area contributed by atoms with Crippen molar-refractivity contribution in [1.29, 1.82) is 0 Å². The minimum atomic E-state index is 0.828. The van der Waals surface area contributed by atoms with Gasteiger partial charge in [-0.15, -0.1) is 0 Å². The van der Waals surface area contributed by atoms with Crippen molar-refractivity contribution in [1.82, 2.24) is 20.8 Å². The highest BCUT2D eigenvalue weighted by molar-refractivity contribution is 5.04. The summed E-state index contributed by atoms with van der Waals surface area (Å²) < 4.78 is 0. The second-order valence-electron chi connectivity index (χ2n) is 4.01. The van der Waals surface area contributed by atoms with Crippen molar-refractivity contribution >= 4 is 0 Å². The number of aromatic nitrogens is 2. The number of rotatable bonds is 7. The highest BCUT2D eigenvalue weighted by atomic mass is 15.1. The fourth-order valence-corrected chi connectivity index (χ4v) is 1.46. The van der Waals surface area contributed by atoms with Gasteiger partial charge in [0.1, 0.15) is 0 Å². The van der Waals surface area contributed by atoms with Crippen LogP contribution in [-0.2, 0) is 6.54 Å². The Morgan fingerprint density at radius 2 is 2.20 bits per heavy atom. The molecule has 1 aromatic rings. The zero-order valence-electron chi connectivity index (χ0n) is 8.95. The van der Waals surface area contributed by atoms with Crippen LogP contribution in [0.15, 0.2) is 18.5 Å². The molecule has 1 heterocycles. The molecule has 82 valence electrons. The molecule has 0 unspecified atom stereocenters. The molecule has 4 heteroatoms. The predicted octanol–water partition coefficient (Wildman–Crippen LogP) is 0.708. The molecule has 4 nitrogen and oxygen atoms in total. The largest absolute Gasteiger partial charge is 0.314 e. The maximum Gasteiger partial charge on any atom is 0.0541 e.